The highest BCUT2D eigenvalue weighted by atomic mass is 15.1. The van der Waals surface area contributed by atoms with Crippen molar-refractivity contribution in [2.24, 2.45) is 0 Å². The molecule has 1 aromatic rings. The van der Waals surface area contributed by atoms with Gasteiger partial charge in [0.1, 0.15) is 0 Å². The molecule has 1 atom stereocenters. The number of rotatable bonds is 5. The van der Waals surface area contributed by atoms with Crippen molar-refractivity contribution in [1.29, 1.82) is 0 Å². The molecule has 0 spiro atoms. The summed E-state index contributed by atoms with van der Waals surface area (Å²) in [6.45, 7) is 7.60. The van der Waals surface area contributed by atoms with Crippen LogP contribution in [-0.4, -0.2) is 22.1 Å². The van der Waals surface area contributed by atoms with E-state index in [1.54, 1.807) is 6.20 Å². The van der Waals surface area contributed by atoms with Crippen molar-refractivity contribution in [1.82, 2.24) is 14.9 Å². The van der Waals surface area contributed by atoms with Crippen molar-refractivity contribution >= 4 is 0 Å². The number of hydrogen-bond donors (Lipinski definition) is 1. The molecule has 1 N–H and O–H groups in total. The first-order valence-electron chi connectivity index (χ1n) is 4.13. The van der Waals surface area contributed by atoms with Gasteiger partial charge in [0, 0.05) is 31.5 Å². The maximum absolute atomic E-state index is 3.97. The lowest BCUT2D eigenvalue weighted by Gasteiger charge is -2.12. The summed E-state index contributed by atoms with van der Waals surface area (Å²) < 4.78 is 2.06. The summed E-state index contributed by atoms with van der Waals surface area (Å²) in [7, 11) is 0. The molecule has 1 heterocycles. The average molecular weight is 165 g/mol. The van der Waals surface area contributed by atoms with Crippen LogP contribution in [0.4, 0.5) is 0 Å². The largest absolute Gasteiger partial charge is 0.336 e. The van der Waals surface area contributed by atoms with Gasteiger partial charge < -0.3 is 9.88 Å². The molecule has 0 aliphatic heterocycles. The van der Waals surface area contributed by atoms with E-state index in [1.165, 1.54) is 0 Å². The highest BCUT2D eigenvalue weighted by molar-refractivity contribution is 4.78. The first-order valence-corrected chi connectivity index (χ1v) is 4.13. The Bertz CT molecular complexity index is 216. The smallest absolute Gasteiger partial charge is 0.0946 e. The highest BCUT2D eigenvalue weighted by Gasteiger charge is 1.99. The van der Waals surface area contributed by atoms with Gasteiger partial charge in [-0.1, -0.05) is 6.08 Å². The van der Waals surface area contributed by atoms with Crippen LogP contribution < -0.4 is 5.32 Å². The second kappa shape index (κ2) is 4.72. The molecule has 1 rings (SSSR count). The highest BCUT2D eigenvalue weighted by Crippen LogP contribution is 1.90. The summed E-state index contributed by atoms with van der Waals surface area (Å²) in [5.41, 5.74) is 0. The van der Waals surface area contributed by atoms with Crippen LogP contribution >= 0.6 is 0 Å². The monoisotopic (exact) mass is 165 g/mol. The van der Waals surface area contributed by atoms with E-state index in [4.69, 9.17) is 0 Å². The van der Waals surface area contributed by atoms with Gasteiger partial charge in [-0.2, -0.15) is 0 Å². The van der Waals surface area contributed by atoms with Gasteiger partial charge in [0.05, 0.1) is 6.33 Å². The molecule has 3 heteroatoms. The Labute approximate surface area is 73.1 Å². The molecular formula is C9H15N3. The zero-order chi connectivity index (χ0) is 8.81. The molecule has 12 heavy (non-hydrogen) atoms. The van der Waals surface area contributed by atoms with Crippen molar-refractivity contribution in [2.45, 2.75) is 19.5 Å². The molecule has 1 unspecified atom stereocenters. The van der Waals surface area contributed by atoms with Crippen molar-refractivity contribution in [3.63, 3.8) is 0 Å². The topological polar surface area (TPSA) is 29.9 Å². The fourth-order valence-corrected chi connectivity index (χ4v) is 1.06. The molecule has 0 saturated heterocycles. The van der Waals surface area contributed by atoms with Gasteiger partial charge in [0.2, 0.25) is 0 Å². The zero-order valence-corrected chi connectivity index (χ0v) is 7.40. The number of nitrogens with zero attached hydrogens (tertiary/aromatic N) is 2. The second-order valence-electron chi connectivity index (χ2n) is 2.86. The average Bonchev–Trinajstić information content (AvgIpc) is 2.53. The minimum absolute atomic E-state index is 0.456. The molecule has 0 radical (unpaired) electrons. The molecule has 0 fully saturated rings. The predicted molar refractivity (Wildman–Crippen MR) is 49.9 cm³/mol. The van der Waals surface area contributed by atoms with Crippen LogP contribution in [-0.2, 0) is 6.54 Å². The van der Waals surface area contributed by atoms with Gasteiger partial charge in [-0.25, -0.2) is 4.98 Å². The lowest BCUT2D eigenvalue weighted by molar-refractivity contribution is 0.498. The Morgan fingerprint density at radius 3 is 3.17 bits per heavy atom. The van der Waals surface area contributed by atoms with E-state index in [-0.39, 0.29) is 0 Å². The molecule has 66 valence electrons. The Morgan fingerprint density at radius 1 is 1.75 bits per heavy atom. The van der Waals surface area contributed by atoms with Crippen molar-refractivity contribution in [3.8, 4) is 0 Å². The summed E-state index contributed by atoms with van der Waals surface area (Å²) in [6.07, 6.45) is 7.45. The SMILES string of the molecule is C=CCNC(C)Cn1ccnc1. The lowest BCUT2D eigenvalue weighted by Crippen LogP contribution is -2.29. The standard InChI is InChI=1S/C9H15N3/c1-3-4-11-9(2)7-12-6-5-10-8-12/h3,5-6,8-9,11H,1,4,7H2,2H3. The van der Waals surface area contributed by atoms with E-state index in [9.17, 15) is 0 Å². The normalized spacial score (nSPS) is 12.8. The van der Waals surface area contributed by atoms with E-state index in [0.717, 1.165) is 13.1 Å². The van der Waals surface area contributed by atoms with Gasteiger partial charge in [0.15, 0.2) is 0 Å². The number of imidazole rings is 1. The van der Waals surface area contributed by atoms with E-state index in [0.29, 0.717) is 6.04 Å². The lowest BCUT2D eigenvalue weighted by atomic mass is 10.3. The predicted octanol–water partition coefficient (Wildman–Crippen LogP) is 1.05. The van der Waals surface area contributed by atoms with Crippen LogP contribution in [0.5, 0.6) is 0 Å². The van der Waals surface area contributed by atoms with Crippen LogP contribution in [0, 0.1) is 0 Å². The van der Waals surface area contributed by atoms with Crippen LogP contribution in [0.25, 0.3) is 0 Å². The second-order valence-corrected chi connectivity index (χ2v) is 2.86. The maximum Gasteiger partial charge on any atom is 0.0946 e. The molecule has 0 aliphatic rings. The van der Waals surface area contributed by atoms with Gasteiger partial charge in [-0.05, 0) is 6.92 Å². The van der Waals surface area contributed by atoms with Crippen molar-refractivity contribution in [2.75, 3.05) is 6.54 Å². The third-order valence-electron chi connectivity index (χ3n) is 1.65. The molecule has 0 aliphatic carbocycles. The molecule has 0 amide bonds. The summed E-state index contributed by atoms with van der Waals surface area (Å²) in [5, 5.41) is 3.30. The van der Waals surface area contributed by atoms with E-state index < -0.39 is 0 Å². The molecule has 0 bridgehead atoms. The Morgan fingerprint density at radius 2 is 2.58 bits per heavy atom. The molecule has 0 aromatic carbocycles. The minimum atomic E-state index is 0.456. The van der Waals surface area contributed by atoms with E-state index in [1.807, 2.05) is 18.6 Å². The molecule has 1 aromatic heterocycles. The minimum Gasteiger partial charge on any atom is -0.336 e. The van der Waals surface area contributed by atoms with Crippen LogP contribution in [0.1, 0.15) is 6.92 Å². The molecular weight excluding hydrogens is 150 g/mol. The fourth-order valence-electron chi connectivity index (χ4n) is 1.06. The maximum atomic E-state index is 3.97. The first kappa shape index (κ1) is 9.00. The van der Waals surface area contributed by atoms with Crippen LogP contribution in [0.15, 0.2) is 31.4 Å². The quantitative estimate of drug-likeness (QED) is 0.661. The number of nitrogens with one attached hydrogen (secondary N) is 1. The van der Waals surface area contributed by atoms with Crippen molar-refractivity contribution in [3.05, 3.63) is 31.4 Å². The van der Waals surface area contributed by atoms with E-state index in [2.05, 4.69) is 28.4 Å². The summed E-state index contributed by atoms with van der Waals surface area (Å²) >= 11 is 0. The third-order valence-corrected chi connectivity index (χ3v) is 1.65. The van der Waals surface area contributed by atoms with Crippen LogP contribution in [0.3, 0.4) is 0 Å². The summed E-state index contributed by atoms with van der Waals surface area (Å²) in [6, 6.07) is 0.456. The summed E-state index contributed by atoms with van der Waals surface area (Å²) in [5.74, 6) is 0. The Kier molecular flexibility index (Phi) is 3.54. The van der Waals surface area contributed by atoms with Gasteiger partial charge in [-0.3, -0.25) is 0 Å². The van der Waals surface area contributed by atoms with Gasteiger partial charge >= 0.3 is 0 Å². The number of aromatic nitrogens is 2. The molecule has 0 saturated carbocycles. The summed E-state index contributed by atoms with van der Waals surface area (Å²) in [4.78, 5) is 3.97. The fraction of sp³-hybridized carbons (Fsp3) is 0.444. The number of hydrogen-bond acceptors (Lipinski definition) is 2. The van der Waals surface area contributed by atoms with Gasteiger partial charge in [-0.15, -0.1) is 6.58 Å². The van der Waals surface area contributed by atoms with Crippen LogP contribution in [0.2, 0.25) is 0 Å². The van der Waals surface area contributed by atoms with E-state index >= 15 is 0 Å². The first-order chi connectivity index (χ1) is 5.83. The van der Waals surface area contributed by atoms with Gasteiger partial charge in [0.25, 0.3) is 0 Å². The zero-order valence-electron chi connectivity index (χ0n) is 7.40. The Hall–Kier alpha value is -1.09. The third kappa shape index (κ3) is 2.88. The Balaban J connectivity index is 2.26. The molecule has 3 nitrogen and oxygen atoms in total. The van der Waals surface area contributed by atoms with Crippen molar-refractivity contribution < 1.29 is 0 Å².